The zero-order chi connectivity index (χ0) is 10.3. The summed E-state index contributed by atoms with van der Waals surface area (Å²) in [6, 6.07) is 1.61. The Bertz CT molecular complexity index is 276. The summed E-state index contributed by atoms with van der Waals surface area (Å²) in [5.74, 6) is -1.26. The molecule has 0 aliphatic heterocycles. The van der Waals surface area contributed by atoms with Gasteiger partial charge in [0.05, 0.1) is 6.61 Å². The molecule has 0 saturated heterocycles. The molecule has 2 amide bonds. The van der Waals surface area contributed by atoms with Crippen molar-refractivity contribution in [3.63, 3.8) is 0 Å². The minimum Gasteiger partial charge on any atom is -0.500 e. The number of carbonyl (C=O) groups is 2. The first-order valence-corrected chi connectivity index (χ1v) is 3.65. The second-order valence-corrected chi connectivity index (χ2v) is 2.11. The van der Waals surface area contributed by atoms with E-state index in [0.717, 1.165) is 6.26 Å². The van der Waals surface area contributed by atoms with Gasteiger partial charge < -0.3 is 4.74 Å². The van der Waals surface area contributed by atoms with E-state index in [1.807, 2.05) is 5.32 Å². The highest BCUT2D eigenvalue weighted by Crippen LogP contribution is 1.92. The van der Waals surface area contributed by atoms with Gasteiger partial charge >= 0.3 is 0 Å². The number of nitrogens with zero attached hydrogens (tertiary/aromatic N) is 1. The smallest absolute Gasteiger partial charge is 0.271 e. The van der Waals surface area contributed by atoms with Crippen molar-refractivity contribution in [1.29, 1.82) is 5.26 Å². The Kier molecular flexibility index (Phi) is 4.96. The molecule has 0 spiro atoms. The number of imide groups is 1. The van der Waals surface area contributed by atoms with Gasteiger partial charge in [0.15, 0.2) is 5.57 Å². The molecular weight excluding hydrogens is 172 g/mol. The molecule has 0 aromatic carbocycles. The van der Waals surface area contributed by atoms with Gasteiger partial charge in [-0.05, 0) is 6.92 Å². The number of hydrogen-bond donors (Lipinski definition) is 1. The molecule has 0 unspecified atom stereocenters. The summed E-state index contributed by atoms with van der Waals surface area (Å²) in [6.07, 6.45) is 1.03. The molecule has 5 nitrogen and oxygen atoms in total. The molecule has 0 atom stereocenters. The predicted octanol–water partition coefficient (Wildman–Crippen LogP) is 0.0931. The van der Waals surface area contributed by atoms with E-state index >= 15 is 0 Å². The van der Waals surface area contributed by atoms with E-state index in [1.165, 1.54) is 6.92 Å². The van der Waals surface area contributed by atoms with Crippen LogP contribution in [0.2, 0.25) is 0 Å². The Labute approximate surface area is 76.0 Å². The summed E-state index contributed by atoms with van der Waals surface area (Å²) in [6.45, 7) is 3.26. The Morgan fingerprint density at radius 1 is 1.62 bits per heavy atom. The van der Waals surface area contributed by atoms with Crippen LogP contribution < -0.4 is 5.32 Å². The second kappa shape index (κ2) is 5.77. The van der Waals surface area contributed by atoms with Crippen LogP contribution in [-0.2, 0) is 14.3 Å². The van der Waals surface area contributed by atoms with Crippen LogP contribution in [0, 0.1) is 11.3 Å². The number of nitriles is 1. The van der Waals surface area contributed by atoms with Crippen molar-refractivity contribution in [2.24, 2.45) is 0 Å². The van der Waals surface area contributed by atoms with Crippen molar-refractivity contribution >= 4 is 11.8 Å². The molecule has 0 fully saturated rings. The molecule has 0 aliphatic rings. The topological polar surface area (TPSA) is 79.2 Å². The summed E-state index contributed by atoms with van der Waals surface area (Å²) in [7, 11) is 0. The maximum absolute atomic E-state index is 11.0. The molecule has 70 valence electrons. The van der Waals surface area contributed by atoms with Crippen LogP contribution >= 0.6 is 0 Å². The Balaban J connectivity index is 4.34. The molecule has 5 heteroatoms. The van der Waals surface area contributed by atoms with Crippen molar-refractivity contribution in [3.05, 3.63) is 11.8 Å². The first kappa shape index (κ1) is 11.2. The lowest BCUT2D eigenvalue weighted by Crippen LogP contribution is -2.29. The van der Waals surface area contributed by atoms with E-state index in [4.69, 9.17) is 10.00 Å². The lowest BCUT2D eigenvalue weighted by molar-refractivity contribution is -0.127. The average molecular weight is 182 g/mol. The van der Waals surface area contributed by atoms with Gasteiger partial charge in [0.1, 0.15) is 12.3 Å². The molecule has 0 rings (SSSR count). The molecule has 1 N–H and O–H groups in total. The van der Waals surface area contributed by atoms with Crippen LogP contribution in [0.3, 0.4) is 0 Å². The minimum absolute atomic E-state index is 0.225. The van der Waals surface area contributed by atoms with E-state index in [-0.39, 0.29) is 5.57 Å². The first-order valence-electron chi connectivity index (χ1n) is 3.65. The highest BCUT2D eigenvalue weighted by atomic mass is 16.5. The largest absolute Gasteiger partial charge is 0.500 e. The van der Waals surface area contributed by atoms with Gasteiger partial charge in [0.25, 0.3) is 5.91 Å². The monoisotopic (exact) mass is 182 g/mol. The van der Waals surface area contributed by atoms with Crippen molar-refractivity contribution in [2.45, 2.75) is 13.8 Å². The Morgan fingerprint density at radius 2 is 2.23 bits per heavy atom. The summed E-state index contributed by atoms with van der Waals surface area (Å²) in [5.41, 5.74) is -0.225. The van der Waals surface area contributed by atoms with Gasteiger partial charge in [-0.15, -0.1) is 0 Å². The third kappa shape index (κ3) is 4.58. The first-order chi connectivity index (χ1) is 6.11. The van der Waals surface area contributed by atoms with Gasteiger partial charge in [0.2, 0.25) is 5.91 Å². The zero-order valence-electron chi connectivity index (χ0n) is 7.46. The number of hydrogen-bond acceptors (Lipinski definition) is 4. The van der Waals surface area contributed by atoms with Crippen LogP contribution in [0.15, 0.2) is 11.8 Å². The predicted molar refractivity (Wildman–Crippen MR) is 44.1 cm³/mol. The van der Waals surface area contributed by atoms with Crippen molar-refractivity contribution < 1.29 is 14.3 Å². The van der Waals surface area contributed by atoms with Crippen LogP contribution in [0.4, 0.5) is 0 Å². The van der Waals surface area contributed by atoms with Crippen molar-refractivity contribution in [1.82, 2.24) is 5.32 Å². The van der Waals surface area contributed by atoms with Crippen LogP contribution in [0.5, 0.6) is 0 Å². The fraction of sp³-hybridized carbons (Fsp3) is 0.375. The highest BCUT2D eigenvalue weighted by molar-refractivity contribution is 6.05. The fourth-order valence-corrected chi connectivity index (χ4v) is 0.525. The lowest BCUT2D eigenvalue weighted by atomic mass is 10.3. The normalized spacial score (nSPS) is 10.1. The van der Waals surface area contributed by atoms with Crippen LogP contribution in [-0.4, -0.2) is 18.4 Å². The molecule has 0 aromatic rings. The SMILES string of the molecule is CCO/C=C(/C#N)C(=O)NC(C)=O. The molecule has 0 saturated carbocycles. The fourth-order valence-electron chi connectivity index (χ4n) is 0.525. The number of nitrogens with one attached hydrogen (secondary N) is 1. The van der Waals surface area contributed by atoms with Crippen molar-refractivity contribution in [3.8, 4) is 6.07 Å². The molecular formula is C8H10N2O3. The number of amides is 2. The van der Waals surface area contributed by atoms with Gasteiger partial charge in [0, 0.05) is 6.92 Å². The van der Waals surface area contributed by atoms with E-state index in [0.29, 0.717) is 6.61 Å². The van der Waals surface area contributed by atoms with Crippen molar-refractivity contribution in [2.75, 3.05) is 6.61 Å². The van der Waals surface area contributed by atoms with Crippen LogP contribution in [0.25, 0.3) is 0 Å². The van der Waals surface area contributed by atoms with E-state index in [2.05, 4.69) is 0 Å². The van der Waals surface area contributed by atoms with E-state index in [1.54, 1.807) is 13.0 Å². The standard InChI is InChI=1S/C8H10N2O3/c1-3-13-5-7(4-9)8(12)10-6(2)11/h5H,3H2,1-2H3,(H,10,11,12)/b7-5-. The summed E-state index contributed by atoms with van der Waals surface area (Å²) < 4.78 is 4.73. The Morgan fingerprint density at radius 3 is 2.62 bits per heavy atom. The van der Waals surface area contributed by atoms with Gasteiger partial charge in [-0.2, -0.15) is 5.26 Å². The summed E-state index contributed by atoms with van der Waals surface area (Å²) in [4.78, 5) is 21.4. The highest BCUT2D eigenvalue weighted by Gasteiger charge is 2.09. The molecule has 0 aliphatic carbocycles. The van der Waals surface area contributed by atoms with E-state index in [9.17, 15) is 9.59 Å². The summed E-state index contributed by atoms with van der Waals surface area (Å²) in [5, 5.41) is 10.4. The second-order valence-electron chi connectivity index (χ2n) is 2.11. The van der Waals surface area contributed by atoms with Gasteiger partial charge in [-0.25, -0.2) is 0 Å². The molecule has 0 bridgehead atoms. The molecule has 0 aromatic heterocycles. The van der Waals surface area contributed by atoms with Gasteiger partial charge in [-0.1, -0.05) is 0 Å². The lowest BCUT2D eigenvalue weighted by Gasteiger charge is -1.98. The number of ether oxygens (including phenoxy) is 1. The molecule has 0 radical (unpaired) electrons. The zero-order valence-corrected chi connectivity index (χ0v) is 7.46. The quantitative estimate of drug-likeness (QED) is 0.381. The molecule has 13 heavy (non-hydrogen) atoms. The third-order valence-corrected chi connectivity index (χ3v) is 1.02. The maximum Gasteiger partial charge on any atom is 0.271 e. The number of carbonyl (C=O) groups excluding carboxylic acids is 2. The third-order valence-electron chi connectivity index (χ3n) is 1.02. The summed E-state index contributed by atoms with van der Waals surface area (Å²) >= 11 is 0. The van der Waals surface area contributed by atoms with E-state index < -0.39 is 11.8 Å². The van der Waals surface area contributed by atoms with Gasteiger partial charge in [-0.3, -0.25) is 14.9 Å². The minimum atomic E-state index is -0.747. The average Bonchev–Trinajstić information content (AvgIpc) is 2.04. The van der Waals surface area contributed by atoms with Crippen LogP contribution in [0.1, 0.15) is 13.8 Å². The Hall–Kier alpha value is -1.83. The molecule has 0 heterocycles. The number of rotatable bonds is 3. The maximum atomic E-state index is 11.0.